The maximum absolute atomic E-state index is 12.4. The van der Waals surface area contributed by atoms with Crippen molar-refractivity contribution < 1.29 is 19.1 Å². The van der Waals surface area contributed by atoms with Crippen LogP contribution in [0, 0.1) is 6.92 Å². The summed E-state index contributed by atoms with van der Waals surface area (Å²) in [6, 6.07) is 6.76. The van der Waals surface area contributed by atoms with Crippen LogP contribution >= 0.6 is 11.3 Å². The van der Waals surface area contributed by atoms with Crippen LogP contribution < -0.4 is 4.90 Å². The lowest BCUT2D eigenvalue weighted by Gasteiger charge is -2.15. The van der Waals surface area contributed by atoms with Gasteiger partial charge in [-0.2, -0.15) is 0 Å². The van der Waals surface area contributed by atoms with Gasteiger partial charge in [0.15, 0.2) is 18.1 Å². The third kappa shape index (κ3) is 3.38. The molecule has 0 radical (unpaired) electrons. The molecule has 0 N–H and O–H groups in total. The number of hydrogen-bond acceptors (Lipinski definition) is 7. The number of carbonyl (C=O) groups excluding carboxylic acids is 3. The van der Waals surface area contributed by atoms with Crippen molar-refractivity contribution in [2.24, 2.45) is 0 Å². The van der Waals surface area contributed by atoms with Crippen LogP contribution in [0.5, 0.6) is 0 Å². The van der Waals surface area contributed by atoms with Crippen molar-refractivity contribution in [2.75, 3.05) is 18.1 Å². The molecule has 0 saturated carbocycles. The molecule has 8 heteroatoms. The van der Waals surface area contributed by atoms with Gasteiger partial charge in [0, 0.05) is 24.2 Å². The fourth-order valence-electron chi connectivity index (χ4n) is 3.15. The number of Topliss-reactive ketones (excluding diaryl/α,β-unsaturated/α-hetero) is 1. The minimum Gasteiger partial charge on any atom is -0.453 e. The molecule has 1 saturated heterocycles. The van der Waals surface area contributed by atoms with Gasteiger partial charge in [-0.3, -0.25) is 9.59 Å². The van der Waals surface area contributed by atoms with Crippen molar-refractivity contribution in [3.05, 3.63) is 52.8 Å². The number of nitrogens with zero attached hydrogens (tertiary/aromatic N) is 3. The molecule has 142 valence electrons. The number of carbonyl (C=O) groups is 3. The fraction of sp³-hybridized carbons (Fsp3) is 0.250. The molecule has 1 aliphatic heterocycles. The van der Waals surface area contributed by atoms with E-state index in [0.29, 0.717) is 28.7 Å². The van der Waals surface area contributed by atoms with E-state index in [1.165, 1.54) is 17.7 Å². The Morgan fingerprint density at radius 1 is 1.21 bits per heavy atom. The Labute approximate surface area is 165 Å². The summed E-state index contributed by atoms with van der Waals surface area (Å²) in [6.45, 7) is 2.22. The summed E-state index contributed by atoms with van der Waals surface area (Å²) in [4.78, 5) is 46.4. The highest BCUT2D eigenvalue weighted by atomic mass is 32.1. The Morgan fingerprint density at radius 3 is 2.71 bits per heavy atom. The first-order valence-corrected chi connectivity index (χ1v) is 9.72. The van der Waals surface area contributed by atoms with E-state index >= 15 is 0 Å². The summed E-state index contributed by atoms with van der Waals surface area (Å²) in [5, 5.41) is 1.90. The molecule has 0 atom stereocenters. The van der Waals surface area contributed by atoms with Crippen LogP contribution in [-0.4, -0.2) is 40.8 Å². The predicted molar refractivity (Wildman–Crippen MR) is 105 cm³/mol. The summed E-state index contributed by atoms with van der Waals surface area (Å²) < 4.78 is 5.82. The SMILES string of the molecule is Cc1csc2c(C(=O)OCC(=O)c3ccc(N4CCCC4=O)cc3)ncnc12. The van der Waals surface area contributed by atoms with Gasteiger partial charge in [-0.15, -0.1) is 11.3 Å². The smallest absolute Gasteiger partial charge is 0.359 e. The molecule has 1 amide bonds. The Hall–Kier alpha value is -3.13. The summed E-state index contributed by atoms with van der Waals surface area (Å²) >= 11 is 1.37. The predicted octanol–water partition coefficient (Wildman–Crippen LogP) is 3.17. The van der Waals surface area contributed by atoms with Gasteiger partial charge in [-0.25, -0.2) is 14.8 Å². The van der Waals surface area contributed by atoms with E-state index < -0.39 is 5.97 Å². The molecule has 3 heterocycles. The van der Waals surface area contributed by atoms with Crippen LogP contribution in [0.2, 0.25) is 0 Å². The van der Waals surface area contributed by atoms with Crippen molar-refractivity contribution >= 4 is 44.9 Å². The van der Waals surface area contributed by atoms with Gasteiger partial charge in [0.25, 0.3) is 0 Å². The number of amides is 1. The van der Waals surface area contributed by atoms with E-state index in [9.17, 15) is 14.4 Å². The second-order valence-electron chi connectivity index (χ2n) is 6.51. The number of anilines is 1. The molecule has 3 aromatic rings. The van der Waals surface area contributed by atoms with E-state index in [1.807, 2.05) is 12.3 Å². The summed E-state index contributed by atoms with van der Waals surface area (Å²) in [5.41, 5.74) is 3.03. The number of esters is 1. The second kappa shape index (κ2) is 7.47. The van der Waals surface area contributed by atoms with Gasteiger partial charge in [0.05, 0.1) is 10.2 Å². The van der Waals surface area contributed by atoms with Gasteiger partial charge in [0.1, 0.15) is 6.33 Å². The number of rotatable bonds is 5. The first-order chi connectivity index (χ1) is 13.5. The standard InChI is InChI=1S/C20H17N3O4S/c1-12-10-28-19-17(12)21-11-22-18(19)20(26)27-9-15(24)13-4-6-14(7-5-13)23-8-2-3-16(23)25/h4-7,10-11H,2-3,8-9H2,1H3. The molecule has 1 aliphatic rings. The normalized spacial score (nSPS) is 13.9. The van der Waals surface area contributed by atoms with Crippen molar-refractivity contribution in [1.82, 2.24) is 9.97 Å². The summed E-state index contributed by atoms with van der Waals surface area (Å²) in [5.74, 6) is -0.879. The maximum Gasteiger partial charge on any atom is 0.359 e. The van der Waals surface area contributed by atoms with Gasteiger partial charge in [-0.05, 0) is 48.6 Å². The third-order valence-corrected chi connectivity index (χ3v) is 5.73. The number of aromatic nitrogens is 2. The molecule has 2 aromatic heterocycles. The largest absolute Gasteiger partial charge is 0.453 e. The number of aryl methyl sites for hydroxylation is 1. The topological polar surface area (TPSA) is 89.5 Å². The molecule has 28 heavy (non-hydrogen) atoms. The van der Waals surface area contributed by atoms with Crippen LogP contribution in [0.1, 0.15) is 39.3 Å². The van der Waals surface area contributed by atoms with Crippen LogP contribution in [-0.2, 0) is 9.53 Å². The molecule has 0 unspecified atom stereocenters. The molecule has 7 nitrogen and oxygen atoms in total. The number of benzene rings is 1. The van der Waals surface area contributed by atoms with E-state index in [0.717, 1.165) is 17.7 Å². The second-order valence-corrected chi connectivity index (χ2v) is 7.39. The fourth-order valence-corrected chi connectivity index (χ4v) is 4.13. The monoisotopic (exact) mass is 395 g/mol. The lowest BCUT2D eigenvalue weighted by atomic mass is 10.1. The van der Waals surface area contributed by atoms with Gasteiger partial charge in [-0.1, -0.05) is 0 Å². The molecule has 4 rings (SSSR count). The van der Waals surface area contributed by atoms with Crippen LogP contribution in [0.4, 0.5) is 5.69 Å². The maximum atomic E-state index is 12.4. The average Bonchev–Trinajstić information content (AvgIpc) is 3.31. The molecule has 0 bridgehead atoms. The Balaban J connectivity index is 1.42. The Morgan fingerprint density at radius 2 is 2.00 bits per heavy atom. The minimum atomic E-state index is -0.651. The number of ether oxygens (including phenoxy) is 1. The summed E-state index contributed by atoms with van der Waals surface area (Å²) in [7, 11) is 0. The minimum absolute atomic E-state index is 0.0907. The number of fused-ring (bicyclic) bond motifs is 1. The lowest BCUT2D eigenvalue weighted by molar-refractivity contribution is -0.117. The van der Waals surface area contributed by atoms with E-state index in [2.05, 4.69) is 9.97 Å². The third-order valence-electron chi connectivity index (χ3n) is 4.63. The highest BCUT2D eigenvalue weighted by Gasteiger charge is 2.22. The van der Waals surface area contributed by atoms with E-state index in [-0.39, 0.29) is 24.0 Å². The van der Waals surface area contributed by atoms with Crippen LogP contribution in [0.25, 0.3) is 10.2 Å². The molecule has 1 aromatic carbocycles. The first kappa shape index (κ1) is 18.2. The Kier molecular flexibility index (Phi) is 4.87. The average molecular weight is 395 g/mol. The lowest BCUT2D eigenvalue weighted by Crippen LogP contribution is -2.23. The van der Waals surface area contributed by atoms with E-state index in [1.54, 1.807) is 29.2 Å². The van der Waals surface area contributed by atoms with Crippen molar-refractivity contribution in [3.8, 4) is 0 Å². The quantitative estimate of drug-likeness (QED) is 0.487. The van der Waals surface area contributed by atoms with Crippen LogP contribution in [0.15, 0.2) is 36.0 Å². The molecule has 0 aliphatic carbocycles. The number of hydrogen-bond donors (Lipinski definition) is 0. The van der Waals surface area contributed by atoms with Gasteiger partial charge in [0.2, 0.25) is 5.91 Å². The van der Waals surface area contributed by atoms with E-state index in [4.69, 9.17) is 4.74 Å². The van der Waals surface area contributed by atoms with Crippen molar-refractivity contribution in [3.63, 3.8) is 0 Å². The number of ketones is 1. The molecular formula is C20H17N3O4S. The Bertz CT molecular complexity index is 1070. The van der Waals surface area contributed by atoms with Gasteiger partial charge < -0.3 is 9.64 Å². The van der Waals surface area contributed by atoms with Gasteiger partial charge >= 0.3 is 5.97 Å². The molecule has 0 spiro atoms. The molecule has 1 fully saturated rings. The number of thiophene rings is 1. The summed E-state index contributed by atoms with van der Waals surface area (Å²) in [6.07, 6.45) is 2.71. The van der Waals surface area contributed by atoms with Crippen molar-refractivity contribution in [1.29, 1.82) is 0 Å². The zero-order valence-electron chi connectivity index (χ0n) is 15.2. The highest BCUT2D eigenvalue weighted by molar-refractivity contribution is 7.17. The highest BCUT2D eigenvalue weighted by Crippen LogP contribution is 2.26. The zero-order chi connectivity index (χ0) is 19.7. The van der Waals surface area contributed by atoms with Crippen molar-refractivity contribution in [2.45, 2.75) is 19.8 Å². The van der Waals surface area contributed by atoms with Crippen LogP contribution in [0.3, 0.4) is 0 Å². The zero-order valence-corrected chi connectivity index (χ0v) is 16.0. The molecular weight excluding hydrogens is 378 g/mol. The first-order valence-electron chi connectivity index (χ1n) is 8.84.